The molecule has 0 aliphatic rings. The molecule has 3 nitrogen and oxygen atoms in total. The molecule has 0 aliphatic heterocycles. The SMILES string of the molecule is CCCc1ccc(NC(=O)CC(C)(C)CN)cc1. The fourth-order valence-electron chi connectivity index (χ4n) is 1.76. The fraction of sp³-hybridized carbons (Fsp3) is 0.533. The summed E-state index contributed by atoms with van der Waals surface area (Å²) in [6.45, 7) is 6.66. The highest BCUT2D eigenvalue weighted by molar-refractivity contribution is 5.91. The van der Waals surface area contributed by atoms with E-state index in [-0.39, 0.29) is 11.3 Å². The number of benzene rings is 1. The summed E-state index contributed by atoms with van der Waals surface area (Å²) in [6, 6.07) is 8.04. The van der Waals surface area contributed by atoms with E-state index in [9.17, 15) is 4.79 Å². The Balaban J connectivity index is 2.54. The molecule has 0 atom stereocenters. The predicted molar refractivity (Wildman–Crippen MR) is 76.5 cm³/mol. The third-order valence-electron chi connectivity index (χ3n) is 2.97. The minimum absolute atomic E-state index is 0.0219. The molecule has 100 valence electrons. The van der Waals surface area contributed by atoms with Crippen LogP contribution in [0.25, 0.3) is 0 Å². The highest BCUT2D eigenvalue weighted by Crippen LogP contribution is 2.19. The third kappa shape index (κ3) is 4.88. The Morgan fingerprint density at radius 2 is 1.89 bits per heavy atom. The number of rotatable bonds is 6. The first-order valence-electron chi connectivity index (χ1n) is 6.56. The number of aryl methyl sites for hydroxylation is 1. The summed E-state index contributed by atoms with van der Waals surface area (Å²) < 4.78 is 0. The summed E-state index contributed by atoms with van der Waals surface area (Å²) in [6.07, 6.45) is 2.66. The molecule has 0 saturated heterocycles. The van der Waals surface area contributed by atoms with E-state index in [2.05, 4.69) is 24.4 Å². The van der Waals surface area contributed by atoms with Crippen LogP contribution in [0.4, 0.5) is 5.69 Å². The summed E-state index contributed by atoms with van der Waals surface area (Å²) >= 11 is 0. The molecule has 18 heavy (non-hydrogen) atoms. The van der Waals surface area contributed by atoms with E-state index < -0.39 is 0 Å². The molecule has 3 heteroatoms. The van der Waals surface area contributed by atoms with Gasteiger partial charge in [-0.1, -0.05) is 39.3 Å². The standard InChI is InChI=1S/C15H24N2O/c1-4-5-12-6-8-13(9-7-12)17-14(18)10-15(2,3)11-16/h6-9H,4-5,10-11,16H2,1-3H3,(H,17,18). The van der Waals surface area contributed by atoms with E-state index in [0.717, 1.165) is 18.5 Å². The number of anilines is 1. The lowest BCUT2D eigenvalue weighted by molar-refractivity contribution is -0.117. The van der Waals surface area contributed by atoms with E-state index in [1.54, 1.807) is 0 Å². The first-order valence-corrected chi connectivity index (χ1v) is 6.56. The van der Waals surface area contributed by atoms with Gasteiger partial charge in [0.05, 0.1) is 0 Å². The Morgan fingerprint density at radius 1 is 1.28 bits per heavy atom. The number of hydrogen-bond donors (Lipinski definition) is 2. The average Bonchev–Trinajstić information content (AvgIpc) is 2.31. The van der Waals surface area contributed by atoms with E-state index in [4.69, 9.17) is 5.73 Å². The highest BCUT2D eigenvalue weighted by Gasteiger charge is 2.19. The van der Waals surface area contributed by atoms with Crippen molar-refractivity contribution in [1.82, 2.24) is 0 Å². The Morgan fingerprint density at radius 3 is 2.39 bits per heavy atom. The van der Waals surface area contributed by atoms with Crippen molar-refractivity contribution in [2.24, 2.45) is 11.1 Å². The van der Waals surface area contributed by atoms with E-state index in [1.165, 1.54) is 5.56 Å². The van der Waals surface area contributed by atoms with Gasteiger partial charge in [-0.2, -0.15) is 0 Å². The largest absolute Gasteiger partial charge is 0.330 e. The van der Waals surface area contributed by atoms with Crippen LogP contribution in [0.1, 0.15) is 39.2 Å². The van der Waals surface area contributed by atoms with Crippen molar-refractivity contribution in [3.63, 3.8) is 0 Å². The van der Waals surface area contributed by atoms with Crippen molar-refractivity contribution in [3.8, 4) is 0 Å². The molecular formula is C15H24N2O. The lowest BCUT2D eigenvalue weighted by Gasteiger charge is -2.21. The number of amides is 1. The second-order valence-corrected chi connectivity index (χ2v) is 5.54. The molecule has 0 bridgehead atoms. The van der Waals surface area contributed by atoms with Crippen LogP contribution in [0.3, 0.4) is 0 Å². The van der Waals surface area contributed by atoms with Gasteiger partial charge in [0, 0.05) is 12.1 Å². The summed E-state index contributed by atoms with van der Waals surface area (Å²) in [4.78, 5) is 11.8. The van der Waals surface area contributed by atoms with Crippen molar-refractivity contribution in [3.05, 3.63) is 29.8 Å². The maximum absolute atomic E-state index is 11.8. The van der Waals surface area contributed by atoms with Crippen LogP contribution >= 0.6 is 0 Å². The fourth-order valence-corrected chi connectivity index (χ4v) is 1.76. The molecule has 1 rings (SSSR count). The molecule has 0 saturated carbocycles. The van der Waals surface area contributed by atoms with Gasteiger partial charge in [0.2, 0.25) is 5.91 Å². The molecule has 0 aromatic heterocycles. The van der Waals surface area contributed by atoms with Crippen LogP contribution in [-0.4, -0.2) is 12.5 Å². The molecule has 0 heterocycles. The predicted octanol–water partition coefficient (Wildman–Crippen LogP) is 2.95. The normalized spacial score (nSPS) is 11.3. The molecule has 1 aromatic carbocycles. The Kier molecular flexibility index (Phi) is 5.35. The zero-order valence-corrected chi connectivity index (χ0v) is 11.6. The van der Waals surface area contributed by atoms with Crippen LogP contribution in [0.2, 0.25) is 0 Å². The van der Waals surface area contributed by atoms with Crippen molar-refractivity contribution < 1.29 is 4.79 Å². The van der Waals surface area contributed by atoms with Crippen LogP contribution in [0.5, 0.6) is 0 Å². The van der Waals surface area contributed by atoms with Crippen LogP contribution in [0.15, 0.2) is 24.3 Å². The van der Waals surface area contributed by atoms with E-state index in [0.29, 0.717) is 13.0 Å². The monoisotopic (exact) mass is 248 g/mol. The maximum atomic E-state index is 11.8. The Hall–Kier alpha value is -1.35. The summed E-state index contributed by atoms with van der Waals surface area (Å²) in [5, 5.41) is 2.91. The summed E-state index contributed by atoms with van der Waals surface area (Å²) in [7, 11) is 0. The Bertz CT molecular complexity index is 382. The number of carbonyl (C=O) groups excluding carboxylic acids is 1. The van der Waals surface area contributed by atoms with Crippen LogP contribution < -0.4 is 11.1 Å². The topological polar surface area (TPSA) is 55.1 Å². The van der Waals surface area contributed by atoms with Gasteiger partial charge in [-0.3, -0.25) is 4.79 Å². The van der Waals surface area contributed by atoms with Gasteiger partial charge in [0.15, 0.2) is 0 Å². The van der Waals surface area contributed by atoms with Gasteiger partial charge < -0.3 is 11.1 Å². The third-order valence-corrected chi connectivity index (χ3v) is 2.97. The minimum Gasteiger partial charge on any atom is -0.330 e. The Labute approximate surface area is 110 Å². The molecule has 1 amide bonds. The average molecular weight is 248 g/mol. The molecular weight excluding hydrogens is 224 g/mol. The quantitative estimate of drug-likeness (QED) is 0.813. The lowest BCUT2D eigenvalue weighted by Crippen LogP contribution is -2.29. The zero-order valence-electron chi connectivity index (χ0n) is 11.6. The minimum atomic E-state index is -0.147. The molecule has 1 aromatic rings. The number of carbonyl (C=O) groups is 1. The summed E-state index contributed by atoms with van der Waals surface area (Å²) in [5.74, 6) is 0.0219. The highest BCUT2D eigenvalue weighted by atomic mass is 16.1. The lowest BCUT2D eigenvalue weighted by atomic mass is 9.89. The van der Waals surface area contributed by atoms with Gasteiger partial charge in [0.25, 0.3) is 0 Å². The molecule has 0 fully saturated rings. The molecule has 0 spiro atoms. The summed E-state index contributed by atoms with van der Waals surface area (Å²) in [5.41, 5.74) is 7.63. The zero-order chi connectivity index (χ0) is 13.6. The van der Waals surface area contributed by atoms with Gasteiger partial charge >= 0.3 is 0 Å². The molecule has 3 N–H and O–H groups in total. The number of hydrogen-bond acceptors (Lipinski definition) is 2. The van der Waals surface area contributed by atoms with Crippen LogP contribution in [-0.2, 0) is 11.2 Å². The first-order chi connectivity index (χ1) is 8.46. The van der Waals surface area contributed by atoms with Crippen molar-refractivity contribution in [2.45, 2.75) is 40.0 Å². The van der Waals surface area contributed by atoms with E-state index in [1.807, 2.05) is 26.0 Å². The molecule has 0 unspecified atom stereocenters. The van der Waals surface area contributed by atoms with Crippen LogP contribution in [0, 0.1) is 5.41 Å². The van der Waals surface area contributed by atoms with Crippen molar-refractivity contribution in [2.75, 3.05) is 11.9 Å². The van der Waals surface area contributed by atoms with Crippen molar-refractivity contribution >= 4 is 11.6 Å². The maximum Gasteiger partial charge on any atom is 0.224 e. The smallest absolute Gasteiger partial charge is 0.224 e. The number of nitrogens with one attached hydrogen (secondary N) is 1. The molecule has 0 aliphatic carbocycles. The second-order valence-electron chi connectivity index (χ2n) is 5.54. The van der Waals surface area contributed by atoms with Gasteiger partial charge in [-0.25, -0.2) is 0 Å². The molecule has 0 radical (unpaired) electrons. The van der Waals surface area contributed by atoms with Gasteiger partial charge in [-0.15, -0.1) is 0 Å². The van der Waals surface area contributed by atoms with E-state index >= 15 is 0 Å². The van der Waals surface area contributed by atoms with Crippen molar-refractivity contribution in [1.29, 1.82) is 0 Å². The van der Waals surface area contributed by atoms with Gasteiger partial charge in [0.1, 0.15) is 0 Å². The van der Waals surface area contributed by atoms with Gasteiger partial charge in [-0.05, 0) is 36.1 Å². The first kappa shape index (κ1) is 14.7. The number of nitrogens with two attached hydrogens (primary N) is 1. The second kappa shape index (κ2) is 6.55.